The van der Waals surface area contributed by atoms with Crippen molar-refractivity contribution in [2.75, 3.05) is 5.32 Å². The number of aromatic hydroxyl groups is 1. The molecule has 25 heavy (non-hydrogen) atoms. The fourth-order valence-corrected chi connectivity index (χ4v) is 2.49. The Bertz CT molecular complexity index is 882. The van der Waals surface area contributed by atoms with Crippen LogP contribution in [0.3, 0.4) is 0 Å². The summed E-state index contributed by atoms with van der Waals surface area (Å²) in [6.45, 7) is 1.76. The van der Waals surface area contributed by atoms with Crippen molar-refractivity contribution in [3.63, 3.8) is 0 Å². The lowest BCUT2D eigenvalue weighted by Crippen LogP contribution is -2.25. The average molecular weight is 362 g/mol. The van der Waals surface area contributed by atoms with E-state index in [0.29, 0.717) is 12.1 Å². The van der Waals surface area contributed by atoms with Crippen LogP contribution < -0.4 is 10.5 Å². The van der Waals surface area contributed by atoms with Gasteiger partial charge in [-0.2, -0.15) is 10.2 Å². The first-order valence-corrected chi connectivity index (χ1v) is 8.98. The maximum absolute atomic E-state index is 12.2. The van der Waals surface area contributed by atoms with Gasteiger partial charge >= 0.3 is 0 Å². The minimum atomic E-state index is -3.94. The Labute approximate surface area is 145 Å². The number of carbonyl (C=O) groups excluding carboxylic acids is 1. The third-order valence-electron chi connectivity index (χ3n) is 3.31. The molecule has 132 valence electrons. The lowest BCUT2D eigenvalue weighted by Gasteiger charge is -2.10. The maximum Gasteiger partial charge on any atom is 0.251 e. The molecule has 0 bridgehead atoms. The minimum absolute atomic E-state index is 0.0857. The number of rotatable bonds is 6. The van der Waals surface area contributed by atoms with E-state index in [0.717, 1.165) is 18.2 Å². The van der Waals surface area contributed by atoms with E-state index in [4.69, 9.17) is 5.14 Å². The number of primary sulfonamides is 1. The van der Waals surface area contributed by atoms with Gasteiger partial charge < -0.3 is 10.4 Å². The second-order valence-electron chi connectivity index (χ2n) is 5.19. The third kappa shape index (κ3) is 5.10. The first-order chi connectivity index (χ1) is 11.8. The number of benzene rings is 2. The van der Waals surface area contributed by atoms with Crippen molar-refractivity contribution in [3.8, 4) is 5.75 Å². The molecule has 1 amide bonds. The number of nitrogens with zero attached hydrogens (tertiary/aromatic N) is 2. The van der Waals surface area contributed by atoms with E-state index < -0.39 is 16.1 Å². The number of sulfonamides is 1. The van der Waals surface area contributed by atoms with Crippen LogP contribution in [-0.2, 0) is 14.8 Å². The number of anilines is 1. The van der Waals surface area contributed by atoms with E-state index in [-0.39, 0.29) is 22.2 Å². The van der Waals surface area contributed by atoms with Crippen LogP contribution in [0.2, 0.25) is 0 Å². The Morgan fingerprint density at radius 1 is 1.24 bits per heavy atom. The van der Waals surface area contributed by atoms with Crippen molar-refractivity contribution >= 4 is 27.3 Å². The zero-order chi connectivity index (χ0) is 18.4. The Morgan fingerprint density at radius 2 is 1.92 bits per heavy atom. The van der Waals surface area contributed by atoms with Gasteiger partial charge in [0, 0.05) is 5.69 Å². The predicted molar refractivity (Wildman–Crippen MR) is 93.1 cm³/mol. The van der Waals surface area contributed by atoms with E-state index in [1.165, 1.54) is 0 Å². The van der Waals surface area contributed by atoms with Gasteiger partial charge in [0.25, 0.3) is 5.91 Å². The number of nitrogens with one attached hydrogen (secondary N) is 1. The molecule has 2 rings (SSSR count). The molecule has 2 aromatic rings. The molecular weight excluding hydrogens is 344 g/mol. The average Bonchev–Trinajstić information content (AvgIpc) is 2.56. The highest BCUT2D eigenvalue weighted by molar-refractivity contribution is 7.89. The highest BCUT2D eigenvalue weighted by Crippen LogP contribution is 2.29. The van der Waals surface area contributed by atoms with Crippen molar-refractivity contribution in [2.45, 2.75) is 24.3 Å². The van der Waals surface area contributed by atoms with Crippen molar-refractivity contribution in [1.29, 1.82) is 0 Å². The highest BCUT2D eigenvalue weighted by atomic mass is 32.2. The predicted octanol–water partition coefficient (Wildman–Crippen LogP) is 2.54. The van der Waals surface area contributed by atoms with E-state index in [9.17, 15) is 18.3 Å². The van der Waals surface area contributed by atoms with Crippen molar-refractivity contribution < 1.29 is 18.3 Å². The van der Waals surface area contributed by atoms with Crippen LogP contribution in [-0.4, -0.2) is 25.5 Å². The molecule has 0 heterocycles. The molecule has 1 unspecified atom stereocenters. The van der Waals surface area contributed by atoms with E-state index in [1.54, 1.807) is 31.2 Å². The van der Waals surface area contributed by atoms with Crippen molar-refractivity contribution in [1.82, 2.24) is 0 Å². The Balaban J connectivity index is 2.19. The zero-order valence-corrected chi connectivity index (χ0v) is 14.3. The van der Waals surface area contributed by atoms with Gasteiger partial charge in [0.05, 0.1) is 4.90 Å². The van der Waals surface area contributed by atoms with E-state index in [1.807, 2.05) is 6.07 Å². The summed E-state index contributed by atoms with van der Waals surface area (Å²) in [5.74, 6) is -0.631. The number of nitrogens with two attached hydrogens (primary N) is 1. The molecule has 0 aliphatic carbocycles. The molecule has 9 heteroatoms. The maximum atomic E-state index is 12.2. The number of amides is 1. The van der Waals surface area contributed by atoms with Crippen LogP contribution >= 0.6 is 0 Å². The summed E-state index contributed by atoms with van der Waals surface area (Å²) in [6.07, 6.45) is 0.373. The molecule has 0 saturated carbocycles. The summed E-state index contributed by atoms with van der Waals surface area (Å²) in [4.78, 5) is 12.0. The number of azo groups is 1. The molecule has 0 fully saturated rings. The number of phenolic OH excluding ortho intramolecular Hbond substituents is 1. The second-order valence-corrected chi connectivity index (χ2v) is 6.75. The van der Waals surface area contributed by atoms with Crippen LogP contribution in [0.25, 0.3) is 0 Å². The lowest BCUT2D eigenvalue weighted by atomic mass is 10.2. The Hall–Kier alpha value is -2.78. The van der Waals surface area contributed by atoms with Crippen molar-refractivity contribution in [3.05, 3.63) is 48.5 Å². The SMILES string of the molecule is CCC(N=Nc1cc(S(N)(=O)=O)ccc1O)C(=O)Nc1ccccc1. The molecule has 0 aromatic heterocycles. The Morgan fingerprint density at radius 3 is 2.52 bits per heavy atom. The molecule has 0 saturated heterocycles. The molecule has 0 radical (unpaired) electrons. The van der Waals surface area contributed by atoms with Gasteiger partial charge in [0.1, 0.15) is 17.5 Å². The molecule has 2 aromatic carbocycles. The molecule has 0 spiro atoms. The van der Waals surface area contributed by atoms with Gasteiger partial charge in [0.15, 0.2) is 0 Å². The summed E-state index contributed by atoms with van der Waals surface area (Å²) >= 11 is 0. The third-order valence-corrected chi connectivity index (χ3v) is 4.22. The van der Waals surface area contributed by atoms with Crippen LogP contribution in [0, 0.1) is 0 Å². The topological polar surface area (TPSA) is 134 Å². The number of phenols is 1. The summed E-state index contributed by atoms with van der Waals surface area (Å²) < 4.78 is 22.7. The summed E-state index contributed by atoms with van der Waals surface area (Å²) in [6, 6.07) is 11.5. The number of carbonyl (C=O) groups is 1. The molecule has 1 atom stereocenters. The highest BCUT2D eigenvalue weighted by Gasteiger charge is 2.17. The van der Waals surface area contributed by atoms with Gasteiger partial charge in [-0.05, 0) is 36.8 Å². The molecule has 8 nitrogen and oxygen atoms in total. The van der Waals surface area contributed by atoms with Gasteiger partial charge in [-0.15, -0.1) is 0 Å². The molecule has 0 aliphatic rings. The second kappa shape index (κ2) is 7.86. The van der Waals surface area contributed by atoms with Crippen LogP contribution in [0.4, 0.5) is 11.4 Å². The van der Waals surface area contributed by atoms with E-state index >= 15 is 0 Å². The summed E-state index contributed by atoms with van der Waals surface area (Å²) in [7, 11) is -3.94. The molecule has 4 N–H and O–H groups in total. The fourth-order valence-electron chi connectivity index (χ4n) is 1.96. The number of para-hydroxylation sites is 1. The van der Waals surface area contributed by atoms with Gasteiger partial charge in [-0.3, -0.25) is 4.79 Å². The van der Waals surface area contributed by atoms with Gasteiger partial charge in [0.2, 0.25) is 10.0 Å². The first kappa shape index (κ1) is 18.6. The monoisotopic (exact) mass is 362 g/mol. The Kier molecular flexibility index (Phi) is 5.84. The lowest BCUT2D eigenvalue weighted by molar-refractivity contribution is -0.117. The quantitative estimate of drug-likeness (QED) is 0.681. The van der Waals surface area contributed by atoms with Gasteiger partial charge in [-0.1, -0.05) is 25.1 Å². The number of hydrogen-bond donors (Lipinski definition) is 3. The summed E-state index contributed by atoms with van der Waals surface area (Å²) in [5.41, 5.74) is 0.540. The van der Waals surface area contributed by atoms with Crippen LogP contribution in [0.15, 0.2) is 63.7 Å². The van der Waals surface area contributed by atoms with Gasteiger partial charge in [-0.25, -0.2) is 13.6 Å². The summed E-state index contributed by atoms with van der Waals surface area (Å²) in [5, 5.41) is 25.2. The molecule has 0 aliphatic heterocycles. The fraction of sp³-hybridized carbons (Fsp3) is 0.188. The smallest absolute Gasteiger partial charge is 0.251 e. The normalized spacial score (nSPS) is 12.9. The van der Waals surface area contributed by atoms with E-state index in [2.05, 4.69) is 15.5 Å². The minimum Gasteiger partial charge on any atom is -0.506 e. The molecular formula is C16H18N4O4S. The van der Waals surface area contributed by atoms with Crippen LogP contribution in [0.5, 0.6) is 5.75 Å². The standard InChI is InChI=1S/C16H18N4O4S/c1-2-13(16(22)18-11-6-4-3-5-7-11)19-20-14-10-12(25(17,23)24)8-9-15(14)21/h3-10,13,21H,2H2,1H3,(H,18,22)(H2,17,23,24). The number of hydrogen-bond acceptors (Lipinski definition) is 6. The van der Waals surface area contributed by atoms with Crippen molar-refractivity contribution in [2.24, 2.45) is 15.4 Å². The largest absolute Gasteiger partial charge is 0.506 e. The van der Waals surface area contributed by atoms with Crippen LogP contribution in [0.1, 0.15) is 13.3 Å². The first-order valence-electron chi connectivity index (χ1n) is 7.44. The zero-order valence-electron chi connectivity index (χ0n) is 13.5.